The number of carbonyl (C=O) groups excluding carboxylic acids is 1. The van der Waals surface area contributed by atoms with Crippen molar-refractivity contribution in [3.05, 3.63) is 29.3 Å². The van der Waals surface area contributed by atoms with Crippen LogP contribution in [0, 0.1) is 11.3 Å². The molecule has 22 heavy (non-hydrogen) atoms. The number of alkyl halides is 3. The number of aliphatic hydroxyl groups is 1. The van der Waals surface area contributed by atoms with Gasteiger partial charge in [0.1, 0.15) is 6.61 Å². The van der Waals surface area contributed by atoms with Gasteiger partial charge in [0.25, 0.3) is 0 Å². The number of piperazine rings is 1. The van der Waals surface area contributed by atoms with Crippen LogP contribution in [0.4, 0.5) is 18.9 Å². The highest BCUT2D eigenvalue weighted by molar-refractivity contribution is 5.77. The van der Waals surface area contributed by atoms with E-state index in [4.69, 9.17) is 10.4 Å². The van der Waals surface area contributed by atoms with E-state index in [9.17, 15) is 18.0 Å². The number of carbonyl (C=O) groups is 1. The Morgan fingerprint density at radius 1 is 1.27 bits per heavy atom. The summed E-state index contributed by atoms with van der Waals surface area (Å²) in [6.45, 7) is 1.06. The van der Waals surface area contributed by atoms with E-state index in [0.717, 1.165) is 6.07 Å². The Morgan fingerprint density at radius 2 is 1.91 bits per heavy atom. The highest BCUT2D eigenvalue weighted by Gasteiger charge is 2.34. The average Bonchev–Trinajstić information content (AvgIpc) is 2.52. The fourth-order valence-electron chi connectivity index (χ4n) is 2.38. The maximum Gasteiger partial charge on any atom is 0.417 e. The van der Waals surface area contributed by atoms with Gasteiger partial charge in [-0.05, 0) is 18.2 Å². The second-order valence-corrected chi connectivity index (χ2v) is 4.87. The molecule has 0 radical (unpaired) electrons. The molecule has 1 aliphatic rings. The second kappa shape index (κ2) is 6.23. The van der Waals surface area contributed by atoms with Gasteiger partial charge in [0.15, 0.2) is 0 Å². The normalized spacial score (nSPS) is 15.6. The molecule has 118 valence electrons. The number of hydrogen-bond acceptors (Lipinski definition) is 4. The molecule has 0 unspecified atom stereocenters. The van der Waals surface area contributed by atoms with Crippen molar-refractivity contribution >= 4 is 11.6 Å². The zero-order chi connectivity index (χ0) is 16.3. The quantitative estimate of drug-likeness (QED) is 0.891. The van der Waals surface area contributed by atoms with Gasteiger partial charge >= 0.3 is 6.18 Å². The van der Waals surface area contributed by atoms with Crippen LogP contribution in [-0.4, -0.2) is 48.7 Å². The third-order valence-corrected chi connectivity index (χ3v) is 3.56. The van der Waals surface area contributed by atoms with Crippen molar-refractivity contribution in [3.8, 4) is 6.07 Å². The number of amides is 1. The average molecular weight is 313 g/mol. The van der Waals surface area contributed by atoms with E-state index in [1.165, 1.54) is 17.0 Å². The van der Waals surface area contributed by atoms with Crippen molar-refractivity contribution in [1.29, 1.82) is 5.26 Å². The first-order valence-corrected chi connectivity index (χ1v) is 6.61. The Labute approximate surface area is 125 Å². The smallest absolute Gasteiger partial charge is 0.387 e. The molecule has 1 aromatic carbocycles. The number of rotatable bonds is 2. The summed E-state index contributed by atoms with van der Waals surface area (Å²) in [6, 6.07) is 5.02. The molecule has 1 N–H and O–H groups in total. The Bertz CT molecular complexity index is 602. The van der Waals surface area contributed by atoms with Crippen LogP contribution in [0.5, 0.6) is 0 Å². The summed E-state index contributed by atoms with van der Waals surface area (Å²) in [5.41, 5.74) is -0.854. The minimum absolute atomic E-state index is 0.371. The minimum atomic E-state index is -4.56. The van der Waals surface area contributed by atoms with E-state index in [-0.39, 0.29) is 5.91 Å². The van der Waals surface area contributed by atoms with Crippen molar-refractivity contribution < 1.29 is 23.1 Å². The van der Waals surface area contributed by atoms with Crippen molar-refractivity contribution in [3.63, 3.8) is 0 Å². The van der Waals surface area contributed by atoms with Crippen LogP contribution in [0.3, 0.4) is 0 Å². The van der Waals surface area contributed by atoms with E-state index >= 15 is 0 Å². The summed E-state index contributed by atoms with van der Waals surface area (Å²) in [6.07, 6.45) is -4.56. The monoisotopic (exact) mass is 313 g/mol. The van der Waals surface area contributed by atoms with Gasteiger partial charge in [-0.2, -0.15) is 18.4 Å². The van der Waals surface area contributed by atoms with Crippen LogP contribution in [0.25, 0.3) is 0 Å². The predicted molar refractivity (Wildman–Crippen MR) is 72.0 cm³/mol. The molecule has 1 amide bonds. The van der Waals surface area contributed by atoms with Gasteiger partial charge in [0.05, 0.1) is 17.2 Å². The Balaban J connectivity index is 2.15. The largest absolute Gasteiger partial charge is 0.417 e. The summed E-state index contributed by atoms with van der Waals surface area (Å²) in [5, 5.41) is 17.7. The molecule has 0 aliphatic carbocycles. The third-order valence-electron chi connectivity index (χ3n) is 3.56. The van der Waals surface area contributed by atoms with Gasteiger partial charge in [0, 0.05) is 31.9 Å². The maximum absolute atomic E-state index is 12.8. The van der Waals surface area contributed by atoms with Gasteiger partial charge in [-0.15, -0.1) is 0 Å². The molecule has 1 aliphatic heterocycles. The van der Waals surface area contributed by atoms with Crippen LogP contribution in [-0.2, 0) is 11.0 Å². The highest BCUT2D eigenvalue weighted by Crippen LogP contribution is 2.33. The Hall–Kier alpha value is -2.27. The first-order chi connectivity index (χ1) is 10.4. The number of hydrogen-bond donors (Lipinski definition) is 1. The SMILES string of the molecule is N#Cc1cc(N2CCN(C(=O)CO)CC2)ccc1C(F)(F)F. The molecule has 8 heteroatoms. The topological polar surface area (TPSA) is 67.6 Å². The molecule has 0 spiro atoms. The van der Waals surface area contributed by atoms with E-state index in [1.54, 1.807) is 6.07 Å². The lowest BCUT2D eigenvalue weighted by atomic mass is 10.1. The lowest BCUT2D eigenvalue weighted by molar-refractivity contribution is -0.138. The van der Waals surface area contributed by atoms with Gasteiger partial charge < -0.3 is 14.9 Å². The Morgan fingerprint density at radius 3 is 2.41 bits per heavy atom. The number of benzene rings is 1. The number of halogens is 3. The van der Waals surface area contributed by atoms with Crippen LogP contribution in [0.15, 0.2) is 18.2 Å². The molecule has 1 saturated heterocycles. The third kappa shape index (κ3) is 3.31. The lowest BCUT2D eigenvalue weighted by Gasteiger charge is -2.36. The second-order valence-electron chi connectivity index (χ2n) is 4.87. The number of anilines is 1. The van der Waals surface area contributed by atoms with E-state index < -0.39 is 23.9 Å². The van der Waals surface area contributed by atoms with Gasteiger partial charge in [0.2, 0.25) is 5.91 Å². The summed E-state index contributed by atoms with van der Waals surface area (Å²) in [4.78, 5) is 14.7. The summed E-state index contributed by atoms with van der Waals surface area (Å²) < 4.78 is 38.3. The predicted octanol–water partition coefficient (Wildman–Crippen LogP) is 1.22. The molecule has 1 fully saturated rings. The van der Waals surface area contributed by atoms with Gasteiger partial charge in [-0.1, -0.05) is 0 Å². The fourth-order valence-corrected chi connectivity index (χ4v) is 2.38. The van der Waals surface area contributed by atoms with Crippen LogP contribution in [0.1, 0.15) is 11.1 Å². The molecule has 0 atom stereocenters. The molecule has 1 aromatic rings. The van der Waals surface area contributed by atoms with Crippen molar-refractivity contribution in [2.45, 2.75) is 6.18 Å². The molecule has 0 bridgehead atoms. The number of aliphatic hydroxyl groups excluding tert-OH is 1. The highest BCUT2D eigenvalue weighted by atomic mass is 19.4. The van der Waals surface area contributed by atoms with Crippen LogP contribution < -0.4 is 4.90 Å². The maximum atomic E-state index is 12.8. The minimum Gasteiger partial charge on any atom is -0.387 e. The lowest BCUT2D eigenvalue weighted by Crippen LogP contribution is -2.49. The molecule has 1 heterocycles. The zero-order valence-corrected chi connectivity index (χ0v) is 11.6. The Kier molecular flexibility index (Phi) is 4.56. The van der Waals surface area contributed by atoms with Gasteiger partial charge in [-0.3, -0.25) is 4.79 Å². The van der Waals surface area contributed by atoms with E-state index in [1.807, 2.05) is 4.90 Å². The van der Waals surface area contributed by atoms with E-state index in [2.05, 4.69) is 0 Å². The number of nitriles is 1. The summed E-state index contributed by atoms with van der Waals surface area (Å²) >= 11 is 0. The van der Waals surface area contributed by atoms with Gasteiger partial charge in [-0.25, -0.2) is 0 Å². The van der Waals surface area contributed by atoms with Crippen molar-refractivity contribution in [2.24, 2.45) is 0 Å². The molecule has 2 rings (SSSR count). The first kappa shape index (κ1) is 16.1. The molecular weight excluding hydrogens is 299 g/mol. The first-order valence-electron chi connectivity index (χ1n) is 6.61. The molecule has 5 nitrogen and oxygen atoms in total. The molecular formula is C14H14F3N3O2. The van der Waals surface area contributed by atoms with Crippen molar-refractivity contribution in [1.82, 2.24) is 4.90 Å². The summed E-state index contributed by atoms with van der Waals surface area (Å²) in [7, 11) is 0. The van der Waals surface area contributed by atoms with E-state index in [0.29, 0.717) is 31.9 Å². The fraction of sp³-hybridized carbons (Fsp3) is 0.429. The van der Waals surface area contributed by atoms with Crippen molar-refractivity contribution in [2.75, 3.05) is 37.7 Å². The number of nitrogens with zero attached hydrogens (tertiary/aromatic N) is 3. The standard InChI is InChI=1S/C14H14F3N3O2/c15-14(16,17)12-2-1-11(7-10(12)8-18)19-3-5-20(6-4-19)13(22)9-21/h1-2,7,21H,3-6,9H2. The zero-order valence-electron chi connectivity index (χ0n) is 11.6. The van der Waals surface area contributed by atoms with Crippen LogP contribution in [0.2, 0.25) is 0 Å². The van der Waals surface area contributed by atoms with Crippen LogP contribution >= 0.6 is 0 Å². The molecule has 0 saturated carbocycles. The summed E-state index contributed by atoms with van der Waals surface area (Å²) in [5.74, 6) is -0.371. The molecule has 0 aromatic heterocycles.